The van der Waals surface area contributed by atoms with Crippen molar-refractivity contribution in [2.75, 3.05) is 6.54 Å². The molecule has 0 saturated carbocycles. The largest absolute Gasteiger partial charge is 0.354 e. The summed E-state index contributed by atoms with van der Waals surface area (Å²) in [6.07, 6.45) is 5.44. The smallest absolute Gasteiger partial charge is 0.0596 e. The molecule has 0 unspecified atom stereocenters. The number of hydrogen-bond donors (Lipinski definition) is 1. The van der Waals surface area contributed by atoms with Crippen molar-refractivity contribution in [3.05, 3.63) is 41.5 Å². The van der Waals surface area contributed by atoms with E-state index in [4.69, 9.17) is 0 Å². The van der Waals surface area contributed by atoms with Crippen LogP contribution >= 0.6 is 0 Å². The van der Waals surface area contributed by atoms with Crippen LogP contribution < -0.4 is 5.32 Å². The molecule has 0 amide bonds. The van der Waals surface area contributed by atoms with Crippen LogP contribution in [0.5, 0.6) is 0 Å². The molecule has 0 aliphatic rings. The molecule has 1 N–H and O–H groups in total. The standard InChI is InChI=1S/C15H24N4/c1-4-18-9-6-15(12-18)11-16-7-5-8-19-14(3)10-13(2)17-19/h6,9-10,12,16H,4-5,7-8,11H2,1-3H3. The van der Waals surface area contributed by atoms with E-state index >= 15 is 0 Å². The van der Waals surface area contributed by atoms with Gasteiger partial charge in [0, 0.05) is 37.7 Å². The minimum Gasteiger partial charge on any atom is -0.354 e. The van der Waals surface area contributed by atoms with E-state index in [-0.39, 0.29) is 0 Å². The molecule has 2 aromatic rings. The summed E-state index contributed by atoms with van der Waals surface area (Å²) in [5.41, 5.74) is 3.71. The lowest BCUT2D eigenvalue weighted by atomic mass is 10.3. The molecule has 0 aromatic carbocycles. The van der Waals surface area contributed by atoms with E-state index in [1.165, 1.54) is 11.3 Å². The Labute approximate surface area is 115 Å². The number of hydrogen-bond acceptors (Lipinski definition) is 2. The molecule has 0 radical (unpaired) electrons. The third-order valence-electron chi connectivity index (χ3n) is 3.33. The van der Waals surface area contributed by atoms with Crippen molar-refractivity contribution >= 4 is 0 Å². The molecule has 0 aliphatic heterocycles. The van der Waals surface area contributed by atoms with Gasteiger partial charge in [-0.2, -0.15) is 5.10 Å². The topological polar surface area (TPSA) is 34.8 Å². The first-order chi connectivity index (χ1) is 9.19. The lowest BCUT2D eigenvalue weighted by Crippen LogP contribution is -2.17. The highest BCUT2D eigenvalue weighted by Gasteiger charge is 2.00. The van der Waals surface area contributed by atoms with Crippen LogP contribution in [0.25, 0.3) is 0 Å². The van der Waals surface area contributed by atoms with Gasteiger partial charge in [-0.3, -0.25) is 4.68 Å². The fourth-order valence-corrected chi connectivity index (χ4v) is 2.28. The average molecular weight is 260 g/mol. The van der Waals surface area contributed by atoms with Crippen LogP contribution in [0.4, 0.5) is 0 Å². The maximum absolute atomic E-state index is 4.47. The monoisotopic (exact) mass is 260 g/mol. The normalized spacial score (nSPS) is 11.1. The average Bonchev–Trinajstić information content (AvgIpc) is 2.96. The summed E-state index contributed by atoms with van der Waals surface area (Å²) in [4.78, 5) is 0. The maximum atomic E-state index is 4.47. The van der Waals surface area contributed by atoms with Gasteiger partial charge in [-0.15, -0.1) is 0 Å². The van der Waals surface area contributed by atoms with Gasteiger partial charge >= 0.3 is 0 Å². The second-order valence-corrected chi connectivity index (χ2v) is 5.03. The molecule has 4 heteroatoms. The molecule has 2 aromatic heterocycles. The van der Waals surface area contributed by atoms with Gasteiger partial charge in [-0.1, -0.05) is 0 Å². The number of aromatic nitrogens is 3. The van der Waals surface area contributed by atoms with Crippen molar-refractivity contribution in [2.45, 2.75) is 46.8 Å². The highest BCUT2D eigenvalue weighted by Crippen LogP contribution is 2.03. The Kier molecular flexibility index (Phi) is 4.80. The first kappa shape index (κ1) is 13.9. The van der Waals surface area contributed by atoms with Gasteiger partial charge in [0.25, 0.3) is 0 Å². The van der Waals surface area contributed by atoms with Crippen LogP contribution in [0, 0.1) is 13.8 Å². The van der Waals surface area contributed by atoms with Crippen molar-refractivity contribution < 1.29 is 0 Å². The van der Waals surface area contributed by atoms with Gasteiger partial charge in [0.2, 0.25) is 0 Å². The van der Waals surface area contributed by atoms with Crippen molar-refractivity contribution in [3.8, 4) is 0 Å². The number of rotatable bonds is 7. The summed E-state index contributed by atoms with van der Waals surface area (Å²) < 4.78 is 4.29. The molecular formula is C15H24N4. The van der Waals surface area contributed by atoms with Crippen LogP contribution in [0.3, 0.4) is 0 Å². The predicted molar refractivity (Wildman–Crippen MR) is 78.1 cm³/mol. The van der Waals surface area contributed by atoms with Crippen LogP contribution in [-0.2, 0) is 19.6 Å². The molecule has 0 fully saturated rings. The maximum Gasteiger partial charge on any atom is 0.0596 e. The van der Waals surface area contributed by atoms with Crippen molar-refractivity contribution in [3.63, 3.8) is 0 Å². The zero-order chi connectivity index (χ0) is 13.7. The minimum absolute atomic E-state index is 0.949. The highest BCUT2D eigenvalue weighted by molar-refractivity contribution is 5.09. The molecule has 0 saturated heterocycles. The van der Waals surface area contributed by atoms with Gasteiger partial charge in [0.15, 0.2) is 0 Å². The fourth-order valence-electron chi connectivity index (χ4n) is 2.28. The Morgan fingerprint density at radius 3 is 2.79 bits per heavy atom. The molecule has 19 heavy (non-hydrogen) atoms. The number of nitrogens with one attached hydrogen (secondary N) is 1. The first-order valence-corrected chi connectivity index (χ1v) is 7.05. The second-order valence-electron chi connectivity index (χ2n) is 5.03. The summed E-state index contributed by atoms with van der Waals surface area (Å²) in [5, 5.41) is 7.95. The van der Waals surface area contributed by atoms with E-state index in [1.54, 1.807) is 0 Å². The lowest BCUT2D eigenvalue weighted by Gasteiger charge is -2.05. The molecule has 0 aliphatic carbocycles. The Bertz CT molecular complexity index is 510. The SMILES string of the molecule is CCn1ccc(CNCCCn2nc(C)cc2C)c1. The predicted octanol–water partition coefficient (Wildman–Crippen LogP) is 2.50. The van der Waals surface area contributed by atoms with Gasteiger partial charge < -0.3 is 9.88 Å². The van der Waals surface area contributed by atoms with E-state index in [1.807, 2.05) is 6.92 Å². The summed E-state index contributed by atoms with van der Waals surface area (Å²) in [6.45, 7) is 10.3. The van der Waals surface area contributed by atoms with Crippen LogP contribution in [0.1, 0.15) is 30.3 Å². The van der Waals surface area contributed by atoms with Gasteiger partial charge in [-0.25, -0.2) is 0 Å². The van der Waals surface area contributed by atoms with Crippen LogP contribution in [0.15, 0.2) is 24.5 Å². The highest BCUT2D eigenvalue weighted by atomic mass is 15.3. The number of nitrogens with zero attached hydrogens (tertiary/aromatic N) is 3. The molecule has 104 valence electrons. The fraction of sp³-hybridized carbons (Fsp3) is 0.533. The molecule has 2 heterocycles. The Morgan fingerprint density at radius 1 is 1.32 bits per heavy atom. The summed E-state index contributed by atoms with van der Waals surface area (Å²) in [5.74, 6) is 0. The van der Waals surface area contributed by atoms with E-state index in [2.05, 4.69) is 58.0 Å². The third-order valence-corrected chi connectivity index (χ3v) is 3.33. The third kappa shape index (κ3) is 3.96. The van der Waals surface area contributed by atoms with Crippen molar-refractivity contribution in [1.82, 2.24) is 19.7 Å². The second kappa shape index (κ2) is 6.57. The molecule has 0 spiro atoms. The summed E-state index contributed by atoms with van der Waals surface area (Å²) in [7, 11) is 0. The number of aryl methyl sites for hydroxylation is 4. The quantitative estimate of drug-likeness (QED) is 0.776. The first-order valence-electron chi connectivity index (χ1n) is 7.05. The molecule has 2 rings (SSSR count). The van der Waals surface area contributed by atoms with Crippen molar-refractivity contribution in [2.24, 2.45) is 0 Å². The zero-order valence-corrected chi connectivity index (χ0v) is 12.2. The van der Waals surface area contributed by atoms with E-state index < -0.39 is 0 Å². The van der Waals surface area contributed by atoms with Crippen LogP contribution in [-0.4, -0.2) is 20.9 Å². The Balaban J connectivity index is 1.65. The molecule has 0 bridgehead atoms. The van der Waals surface area contributed by atoms with Gasteiger partial charge in [0.05, 0.1) is 5.69 Å². The van der Waals surface area contributed by atoms with Crippen molar-refractivity contribution in [1.29, 1.82) is 0 Å². The molecular weight excluding hydrogens is 236 g/mol. The minimum atomic E-state index is 0.949. The summed E-state index contributed by atoms with van der Waals surface area (Å²) in [6, 6.07) is 4.30. The summed E-state index contributed by atoms with van der Waals surface area (Å²) >= 11 is 0. The van der Waals surface area contributed by atoms with Gasteiger partial charge in [0.1, 0.15) is 0 Å². The zero-order valence-electron chi connectivity index (χ0n) is 12.2. The van der Waals surface area contributed by atoms with E-state index in [9.17, 15) is 0 Å². The van der Waals surface area contributed by atoms with Gasteiger partial charge in [-0.05, 0) is 51.4 Å². The van der Waals surface area contributed by atoms with E-state index in [0.717, 1.165) is 38.3 Å². The Morgan fingerprint density at radius 2 is 2.16 bits per heavy atom. The van der Waals surface area contributed by atoms with Crippen LogP contribution in [0.2, 0.25) is 0 Å². The van der Waals surface area contributed by atoms with E-state index in [0.29, 0.717) is 0 Å². The Hall–Kier alpha value is -1.55. The molecule has 0 atom stereocenters. The lowest BCUT2D eigenvalue weighted by molar-refractivity contribution is 0.532. The molecule has 4 nitrogen and oxygen atoms in total.